The Bertz CT molecular complexity index is 1190. The molecule has 1 unspecified atom stereocenters. The summed E-state index contributed by atoms with van der Waals surface area (Å²) in [6, 6.07) is 12.9. The molecule has 2 atom stereocenters. The first kappa shape index (κ1) is 25.4. The minimum atomic E-state index is -4.77. The number of halogens is 3. The van der Waals surface area contributed by atoms with Gasteiger partial charge in [0.05, 0.1) is 24.0 Å². The maximum Gasteiger partial charge on any atom is 0.573 e. The van der Waals surface area contributed by atoms with Crippen LogP contribution in [0.4, 0.5) is 13.2 Å². The highest BCUT2D eigenvalue weighted by Gasteiger charge is 2.31. The summed E-state index contributed by atoms with van der Waals surface area (Å²) >= 11 is 0. The highest BCUT2D eigenvalue weighted by molar-refractivity contribution is 5.83. The van der Waals surface area contributed by atoms with Gasteiger partial charge in [-0.3, -0.25) is 4.79 Å². The van der Waals surface area contributed by atoms with Gasteiger partial charge in [0.15, 0.2) is 5.82 Å². The van der Waals surface area contributed by atoms with Crippen LogP contribution >= 0.6 is 0 Å². The van der Waals surface area contributed by atoms with Crippen molar-refractivity contribution in [2.45, 2.75) is 31.5 Å². The zero-order chi connectivity index (χ0) is 25.7. The Labute approximate surface area is 203 Å². The van der Waals surface area contributed by atoms with Crippen molar-refractivity contribution in [1.29, 1.82) is 0 Å². The summed E-state index contributed by atoms with van der Waals surface area (Å²) in [5.74, 6) is 0.590. The third-order valence-electron chi connectivity index (χ3n) is 5.30. The Morgan fingerprint density at radius 3 is 2.28 bits per heavy atom. The van der Waals surface area contributed by atoms with E-state index in [2.05, 4.69) is 25.3 Å². The van der Waals surface area contributed by atoms with Crippen LogP contribution in [0.5, 0.6) is 17.2 Å². The number of amides is 1. The van der Waals surface area contributed by atoms with Gasteiger partial charge in [0.1, 0.15) is 23.4 Å². The first-order valence-electron chi connectivity index (χ1n) is 11.0. The molecule has 0 saturated carbocycles. The maximum atomic E-state index is 12.3. The molecule has 1 fully saturated rings. The van der Waals surface area contributed by atoms with E-state index < -0.39 is 19.1 Å². The Hall–Kier alpha value is -3.74. The van der Waals surface area contributed by atoms with Gasteiger partial charge in [0, 0.05) is 18.7 Å². The van der Waals surface area contributed by atoms with Crippen LogP contribution in [-0.2, 0) is 11.3 Å². The van der Waals surface area contributed by atoms with E-state index in [1.165, 1.54) is 12.1 Å². The van der Waals surface area contributed by atoms with Gasteiger partial charge >= 0.3 is 6.36 Å². The third-order valence-corrected chi connectivity index (χ3v) is 5.30. The van der Waals surface area contributed by atoms with Gasteiger partial charge in [-0.1, -0.05) is 0 Å². The second kappa shape index (κ2) is 10.9. The van der Waals surface area contributed by atoms with Crippen molar-refractivity contribution in [2.24, 2.45) is 0 Å². The van der Waals surface area contributed by atoms with E-state index in [-0.39, 0.29) is 29.9 Å². The van der Waals surface area contributed by atoms with Gasteiger partial charge in [-0.15, -0.1) is 13.2 Å². The highest BCUT2D eigenvalue weighted by Crippen LogP contribution is 2.28. The van der Waals surface area contributed by atoms with Crippen LogP contribution < -0.4 is 20.1 Å². The largest absolute Gasteiger partial charge is 0.573 e. The predicted molar refractivity (Wildman–Crippen MR) is 121 cm³/mol. The topological polar surface area (TPSA) is 126 Å². The minimum absolute atomic E-state index is 0.0852. The lowest BCUT2D eigenvalue weighted by Crippen LogP contribution is -2.36. The van der Waals surface area contributed by atoms with Crippen molar-refractivity contribution in [2.75, 3.05) is 13.2 Å². The van der Waals surface area contributed by atoms with Crippen molar-refractivity contribution in [3.63, 3.8) is 0 Å². The number of nitrogens with zero attached hydrogens (tertiary/aromatic N) is 2. The summed E-state index contributed by atoms with van der Waals surface area (Å²) in [6.45, 7) is 0.335. The maximum absolute atomic E-state index is 12.3. The van der Waals surface area contributed by atoms with Gasteiger partial charge in [0.25, 0.3) is 0 Å². The fourth-order valence-electron chi connectivity index (χ4n) is 3.54. The number of rotatable bonds is 9. The summed E-state index contributed by atoms with van der Waals surface area (Å²) in [5.41, 5.74) is 1.36. The lowest BCUT2D eigenvalue weighted by Gasteiger charge is -2.14. The average molecular weight is 504 g/mol. The molecule has 1 saturated heterocycles. The van der Waals surface area contributed by atoms with E-state index in [4.69, 9.17) is 4.74 Å². The van der Waals surface area contributed by atoms with Crippen LogP contribution in [0.15, 0.2) is 54.6 Å². The van der Waals surface area contributed by atoms with Gasteiger partial charge in [-0.2, -0.15) is 0 Å². The molecular weight excluding hydrogens is 481 g/mol. The molecule has 12 heteroatoms. The Morgan fingerprint density at radius 2 is 1.69 bits per heavy atom. The zero-order valence-corrected chi connectivity index (χ0v) is 18.8. The summed E-state index contributed by atoms with van der Waals surface area (Å²) in [7, 11) is 0. The second-order valence-corrected chi connectivity index (χ2v) is 7.96. The molecule has 2 heterocycles. The molecule has 0 radical (unpaired) electrons. The van der Waals surface area contributed by atoms with E-state index in [1.807, 2.05) is 0 Å². The lowest BCUT2D eigenvalue weighted by molar-refractivity contribution is -0.274. The molecule has 4 N–H and O–H groups in total. The van der Waals surface area contributed by atoms with Crippen molar-refractivity contribution in [1.82, 2.24) is 20.6 Å². The smallest absolute Gasteiger partial charge is 0.457 e. The van der Waals surface area contributed by atoms with Crippen molar-refractivity contribution in [3.05, 3.63) is 66.0 Å². The van der Waals surface area contributed by atoms with Gasteiger partial charge in [-0.25, -0.2) is 9.97 Å². The van der Waals surface area contributed by atoms with Crippen LogP contribution in [0.3, 0.4) is 0 Å². The van der Waals surface area contributed by atoms with E-state index >= 15 is 0 Å². The number of hydrogen-bond donors (Lipinski definition) is 4. The number of aliphatic hydroxyl groups is 2. The number of nitrogens with one attached hydrogen (secondary N) is 2. The number of aromatic nitrogens is 2. The summed E-state index contributed by atoms with van der Waals surface area (Å²) < 4.78 is 46.4. The quantitative estimate of drug-likeness (QED) is 0.351. The van der Waals surface area contributed by atoms with Gasteiger partial charge < -0.3 is 30.3 Å². The molecule has 2 aromatic carbocycles. The number of ether oxygens (including phenoxy) is 2. The summed E-state index contributed by atoms with van der Waals surface area (Å²) in [5, 5.41) is 25.4. The zero-order valence-electron chi connectivity index (χ0n) is 18.8. The van der Waals surface area contributed by atoms with Crippen LogP contribution in [-0.4, -0.2) is 51.6 Å². The Balaban J connectivity index is 1.48. The second-order valence-electron chi connectivity index (χ2n) is 7.96. The van der Waals surface area contributed by atoms with Gasteiger partial charge in [0.2, 0.25) is 5.91 Å². The molecule has 190 valence electrons. The normalized spacial score (nSPS) is 16.5. The van der Waals surface area contributed by atoms with E-state index in [9.17, 15) is 28.2 Å². The molecule has 3 aromatic rings. The number of benzene rings is 2. The standard InChI is InChI=1S/C24H23F3N4O5/c25-24(26,27)36-18-7-5-17(6-8-18)35-16-3-1-14(2-4-16)22-30-15(11-20(31-22)21(33)13-32)12-29-19-9-10-28-23(19)34/h1-8,11,19,21,29,32-33H,9-10,12-13H2,(H,28,34)/t19?,21-/m1/s1. The molecular formula is C24H23F3N4O5. The van der Waals surface area contributed by atoms with Crippen LogP contribution in [0.1, 0.15) is 23.9 Å². The number of aliphatic hydroxyl groups excluding tert-OH is 2. The number of alkyl halides is 3. The summed E-state index contributed by atoms with van der Waals surface area (Å²) in [4.78, 5) is 20.7. The van der Waals surface area contributed by atoms with Crippen molar-refractivity contribution < 1.29 is 37.7 Å². The molecule has 0 aliphatic carbocycles. The van der Waals surface area contributed by atoms with Crippen LogP contribution in [0, 0.1) is 0 Å². The molecule has 0 bridgehead atoms. The van der Waals surface area contributed by atoms with E-state index in [1.54, 1.807) is 30.3 Å². The molecule has 1 aromatic heterocycles. The third kappa shape index (κ3) is 6.68. The highest BCUT2D eigenvalue weighted by atomic mass is 19.4. The first-order valence-corrected chi connectivity index (χ1v) is 11.0. The molecule has 36 heavy (non-hydrogen) atoms. The van der Waals surface area contributed by atoms with Crippen LogP contribution in [0.2, 0.25) is 0 Å². The average Bonchev–Trinajstić information content (AvgIpc) is 3.27. The fraction of sp³-hybridized carbons (Fsp3) is 0.292. The minimum Gasteiger partial charge on any atom is -0.457 e. The number of hydrogen-bond acceptors (Lipinski definition) is 8. The fourth-order valence-corrected chi connectivity index (χ4v) is 3.54. The molecule has 4 rings (SSSR count). The van der Waals surface area contributed by atoms with Gasteiger partial charge in [-0.05, 0) is 61.0 Å². The molecule has 0 spiro atoms. The first-order chi connectivity index (χ1) is 17.2. The molecule has 1 aliphatic heterocycles. The molecule has 1 aliphatic rings. The van der Waals surface area contributed by atoms with E-state index in [0.717, 1.165) is 12.1 Å². The number of carbonyl (C=O) groups excluding carboxylic acids is 1. The SMILES string of the molecule is O=C1NCCC1NCc1cc([C@H](O)CO)nc(-c2ccc(Oc3ccc(OC(F)(F)F)cc3)cc2)n1. The predicted octanol–water partition coefficient (Wildman–Crippen LogP) is 2.84. The Morgan fingerprint density at radius 1 is 1.06 bits per heavy atom. The van der Waals surface area contributed by atoms with Crippen molar-refractivity contribution in [3.8, 4) is 28.6 Å². The van der Waals surface area contributed by atoms with Crippen molar-refractivity contribution >= 4 is 5.91 Å². The monoisotopic (exact) mass is 504 g/mol. The summed E-state index contributed by atoms with van der Waals surface area (Å²) in [6.07, 6.45) is -5.32. The molecule has 9 nitrogen and oxygen atoms in total. The van der Waals surface area contributed by atoms with E-state index in [0.29, 0.717) is 41.5 Å². The lowest BCUT2D eigenvalue weighted by atomic mass is 10.1. The Kier molecular flexibility index (Phi) is 7.67. The molecule has 1 amide bonds. The number of carbonyl (C=O) groups is 1. The van der Waals surface area contributed by atoms with Crippen LogP contribution in [0.25, 0.3) is 11.4 Å².